The number of nitrogen functional groups attached to an aromatic ring is 2. The van der Waals surface area contributed by atoms with Crippen LogP contribution in [0, 0.1) is 0 Å². The van der Waals surface area contributed by atoms with E-state index < -0.39 is 11.7 Å². The summed E-state index contributed by atoms with van der Waals surface area (Å²) in [6, 6.07) is 0. The number of aromatic nitrogens is 2. The lowest BCUT2D eigenvalue weighted by Gasteiger charge is -2.12. The van der Waals surface area contributed by atoms with Crippen molar-refractivity contribution in [2.45, 2.75) is 6.42 Å². The SMILES string of the molecule is CN(N)c1ncnc(N)c1N.FC1=CC=CCC(F)=C1. The fourth-order valence-corrected chi connectivity index (χ4v) is 1.28. The maximum absolute atomic E-state index is 12.2. The number of hydrazine groups is 1. The molecule has 0 aliphatic heterocycles. The van der Waals surface area contributed by atoms with Gasteiger partial charge in [-0.2, -0.15) is 0 Å². The van der Waals surface area contributed by atoms with Gasteiger partial charge in [0.05, 0.1) is 0 Å². The van der Waals surface area contributed by atoms with Crippen LogP contribution < -0.4 is 22.3 Å². The number of halogens is 2. The molecule has 108 valence electrons. The topological polar surface area (TPSA) is 107 Å². The van der Waals surface area contributed by atoms with Crippen molar-refractivity contribution in [1.29, 1.82) is 0 Å². The highest BCUT2D eigenvalue weighted by atomic mass is 19.1. The highest BCUT2D eigenvalue weighted by Crippen LogP contribution is 2.20. The van der Waals surface area contributed by atoms with Gasteiger partial charge in [-0.15, -0.1) is 0 Å². The molecule has 0 fully saturated rings. The molecule has 1 aliphatic rings. The largest absolute Gasteiger partial charge is 0.393 e. The van der Waals surface area contributed by atoms with E-state index in [1.807, 2.05) is 0 Å². The lowest BCUT2D eigenvalue weighted by atomic mass is 10.3. The Bertz CT molecular complexity index is 551. The van der Waals surface area contributed by atoms with Gasteiger partial charge in [0, 0.05) is 19.5 Å². The number of nitrogens with two attached hydrogens (primary N) is 3. The minimum atomic E-state index is -0.527. The zero-order valence-electron chi connectivity index (χ0n) is 10.9. The second-order valence-corrected chi connectivity index (χ2v) is 3.88. The van der Waals surface area contributed by atoms with Gasteiger partial charge < -0.3 is 11.5 Å². The minimum absolute atomic E-state index is 0.198. The predicted octanol–water partition coefficient (Wildman–Crippen LogP) is 1.60. The highest BCUT2D eigenvalue weighted by molar-refractivity contribution is 5.72. The Morgan fingerprint density at radius 3 is 2.55 bits per heavy atom. The molecule has 6 nitrogen and oxygen atoms in total. The molecule has 0 amide bonds. The molecule has 1 aliphatic carbocycles. The third-order valence-electron chi connectivity index (χ3n) is 2.23. The summed E-state index contributed by atoms with van der Waals surface area (Å²) in [6.07, 6.45) is 6.69. The molecule has 2 rings (SSSR count). The first-order valence-corrected chi connectivity index (χ1v) is 5.64. The molecular formula is C12H16F2N6. The summed E-state index contributed by atoms with van der Waals surface area (Å²) in [5, 5.41) is 1.29. The van der Waals surface area contributed by atoms with E-state index in [4.69, 9.17) is 17.3 Å². The summed E-state index contributed by atoms with van der Waals surface area (Å²) < 4.78 is 24.4. The van der Waals surface area contributed by atoms with Crippen LogP contribution in [0.2, 0.25) is 0 Å². The third-order valence-corrected chi connectivity index (χ3v) is 2.23. The number of hydrogen-bond donors (Lipinski definition) is 3. The van der Waals surface area contributed by atoms with Crippen molar-refractivity contribution in [3.05, 3.63) is 42.3 Å². The molecule has 8 heteroatoms. The zero-order chi connectivity index (χ0) is 15.1. The summed E-state index contributed by atoms with van der Waals surface area (Å²) in [7, 11) is 1.62. The van der Waals surface area contributed by atoms with Crippen molar-refractivity contribution in [1.82, 2.24) is 9.97 Å². The first-order chi connectivity index (χ1) is 9.41. The van der Waals surface area contributed by atoms with Crippen LogP contribution in [0.3, 0.4) is 0 Å². The van der Waals surface area contributed by atoms with Crippen LogP contribution in [-0.2, 0) is 0 Å². The van der Waals surface area contributed by atoms with E-state index in [0.29, 0.717) is 11.5 Å². The van der Waals surface area contributed by atoms with Crippen molar-refractivity contribution in [2.75, 3.05) is 23.5 Å². The van der Waals surface area contributed by atoms with Gasteiger partial charge in [0.1, 0.15) is 23.7 Å². The first-order valence-electron chi connectivity index (χ1n) is 5.64. The molecular weight excluding hydrogens is 266 g/mol. The van der Waals surface area contributed by atoms with Crippen molar-refractivity contribution < 1.29 is 8.78 Å². The first kappa shape index (κ1) is 15.6. The number of anilines is 3. The highest BCUT2D eigenvalue weighted by Gasteiger charge is 2.05. The van der Waals surface area contributed by atoms with Crippen LogP contribution in [0.25, 0.3) is 0 Å². The zero-order valence-corrected chi connectivity index (χ0v) is 10.9. The van der Waals surface area contributed by atoms with Gasteiger partial charge in [0.25, 0.3) is 0 Å². The predicted molar refractivity (Wildman–Crippen MR) is 75.6 cm³/mol. The van der Waals surface area contributed by atoms with Crippen molar-refractivity contribution >= 4 is 17.3 Å². The molecule has 0 saturated heterocycles. The molecule has 0 atom stereocenters. The minimum Gasteiger partial charge on any atom is -0.393 e. The number of nitrogens with zero attached hydrogens (tertiary/aromatic N) is 3. The van der Waals surface area contributed by atoms with Gasteiger partial charge in [-0.25, -0.2) is 24.6 Å². The fraction of sp³-hybridized carbons (Fsp3) is 0.167. The van der Waals surface area contributed by atoms with E-state index in [0.717, 1.165) is 6.08 Å². The Balaban J connectivity index is 0.000000204. The van der Waals surface area contributed by atoms with Gasteiger partial charge in [0.15, 0.2) is 11.6 Å². The van der Waals surface area contributed by atoms with Crippen molar-refractivity contribution in [3.8, 4) is 0 Å². The van der Waals surface area contributed by atoms with Crippen molar-refractivity contribution in [2.24, 2.45) is 5.84 Å². The second kappa shape index (κ2) is 7.19. The molecule has 1 aromatic heterocycles. The molecule has 0 radical (unpaired) electrons. The summed E-state index contributed by atoms with van der Waals surface area (Å²) in [6.45, 7) is 0. The molecule has 1 aromatic rings. The summed E-state index contributed by atoms with van der Waals surface area (Å²) in [4.78, 5) is 7.50. The molecule has 1 heterocycles. The van der Waals surface area contributed by atoms with E-state index in [2.05, 4.69) is 9.97 Å². The van der Waals surface area contributed by atoms with E-state index in [1.54, 1.807) is 13.1 Å². The van der Waals surface area contributed by atoms with E-state index >= 15 is 0 Å². The summed E-state index contributed by atoms with van der Waals surface area (Å²) in [5.74, 6) is 5.10. The lowest BCUT2D eigenvalue weighted by Crippen LogP contribution is -2.27. The number of hydrogen-bond acceptors (Lipinski definition) is 6. The van der Waals surface area contributed by atoms with Crippen LogP contribution in [0.4, 0.5) is 26.1 Å². The molecule has 20 heavy (non-hydrogen) atoms. The molecule has 0 bridgehead atoms. The summed E-state index contributed by atoms with van der Waals surface area (Å²) in [5.41, 5.74) is 11.2. The Hall–Kier alpha value is -2.48. The van der Waals surface area contributed by atoms with Gasteiger partial charge >= 0.3 is 0 Å². The molecule has 0 spiro atoms. The average molecular weight is 282 g/mol. The van der Waals surface area contributed by atoms with Gasteiger partial charge in [-0.05, 0) is 6.08 Å². The van der Waals surface area contributed by atoms with Gasteiger partial charge in [-0.1, -0.05) is 12.2 Å². The lowest BCUT2D eigenvalue weighted by molar-refractivity contribution is 0.600. The van der Waals surface area contributed by atoms with Crippen LogP contribution in [-0.4, -0.2) is 17.0 Å². The normalized spacial score (nSPS) is 13.6. The standard InChI is InChI=1S/C7H6F2.C5H10N6/c8-6-3-1-2-4-7(9)5-6;1-11(8)5-3(6)4(7)9-2-10-5/h1-3,5H,4H2;2H,6,8H2,1H3,(H2,7,9,10). The smallest absolute Gasteiger partial charge is 0.171 e. The Morgan fingerprint density at radius 1 is 1.25 bits per heavy atom. The van der Waals surface area contributed by atoms with Crippen LogP contribution >= 0.6 is 0 Å². The maximum Gasteiger partial charge on any atom is 0.171 e. The Kier molecular flexibility index (Phi) is 5.60. The van der Waals surface area contributed by atoms with Gasteiger partial charge in [0.2, 0.25) is 0 Å². The van der Waals surface area contributed by atoms with E-state index in [-0.39, 0.29) is 12.2 Å². The van der Waals surface area contributed by atoms with Crippen LogP contribution in [0.15, 0.2) is 42.3 Å². The maximum atomic E-state index is 12.2. The Morgan fingerprint density at radius 2 is 1.95 bits per heavy atom. The second-order valence-electron chi connectivity index (χ2n) is 3.88. The average Bonchev–Trinajstić information content (AvgIpc) is 2.56. The molecule has 0 aromatic carbocycles. The molecule has 0 unspecified atom stereocenters. The fourth-order valence-electron chi connectivity index (χ4n) is 1.28. The number of allylic oxidation sites excluding steroid dienone is 6. The quantitative estimate of drug-likeness (QED) is 0.533. The third kappa shape index (κ3) is 4.65. The molecule has 0 saturated carbocycles. The van der Waals surface area contributed by atoms with Gasteiger partial charge in [-0.3, -0.25) is 5.01 Å². The monoisotopic (exact) mass is 282 g/mol. The number of rotatable bonds is 1. The van der Waals surface area contributed by atoms with Crippen LogP contribution in [0.5, 0.6) is 0 Å². The molecule has 6 N–H and O–H groups in total. The van der Waals surface area contributed by atoms with E-state index in [9.17, 15) is 8.78 Å². The Labute approximate surface area is 115 Å². The van der Waals surface area contributed by atoms with E-state index in [1.165, 1.54) is 23.5 Å². The summed E-state index contributed by atoms with van der Waals surface area (Å²) >= 11 is 0. The van der Waals surface area contributed by atoms with Crippen LogP contribution in [0.1, 0.15) is 6.42 Å². The van der Waals surface area contributed by atoms with Crippen molar-refractivity contribution in [3.63, 3.8) is 0 Å².